The summed E-state index contributed by atoms with van der Waals surface area (Å²) in [5.41, 5.74) is 1.28. The van der Waals surface area contributed by atoms with Crippen molar-refractivity contribution in [3.63, 3.8) is 0 Å². The molecule has 5 heteroatoms. The molecule has 0 aliphatic carbocycles. The number of nitrogens with zero attached hydrogens (tertiary/aromatic N) is 2. The highest BCUT2D eigenvalue weighted by atomic mass is 32.1. The first-order valence-electron chi connectivity index (χ1n) is 8.53. The number of likely N-dealkylation sites (tertiary alicyclic amines) is 1. The lowest BCUT2D eigenvalue weighted by atomic mass is 10.0. The van der Waals surface area contributed by atoms with Crippen LogP contribution in [0.5, 0.6) is 0 Å². The van der Waals surface area contributed by atoms with Gasteiger partial charge in [0.25, 0.3) is 0 Å². The topological polar surface area (TPSA) is 39.7 Å². The Morgan fingerprint density at radius 3 is 3.09 bits per heavy atom. The molecule has 2 heterocycles. The molecule has 0 bridgehead atoms. The Balaban J connectivity index is 1.66. The van der Waals surface area contributed by atoms with Crippen molar-refractivity contribution in [2.45, 2.75) is 39.7 Å². The minimum absolute atomic E-state index is 0.752. The number of rotatable bonds is 7. The lowest BCUT2D eigenvalue weighted by molar-refractivity contribution is 0.182. The van der Waals surface area contributed by atoms with E-state index in [9.17, 15) is 0 Å². The molecule has 1 aromatic rings. The molecule has 2 N–H and O–H groups in total. The highest BCUT2D eigenvalue weighted by Crippen LogP contribution is 2.15. The molecular formula is C17H30N4S. The summed E-state index contributed by atoms with van der Waals surface area (Å²) in [6.07, 6.45) is 3.93. The summed E-state index contributed by atoms with van der Waals surface area (Å²) in [5.74, 6) is 1.80. The molecule has 1 unspecified atom stereocenters. The molecule has 1 saturated heterocycles. The average Bonchev–Trinajstić information content (AvgIpc) is 3.02. The Hall–Kier alpha value is -1.07. The molecular weight excluding hydrogens is 292 g/mol. The van der Waals surface area contributed by atoms with Gasteiger partial charge in [-0.25, -0.2) is 4.99 Å². The van der Waals surface area contributed by atoms with Gasteiger partial charge in [0.05, 0.1) is 6.54 Å². The molecule has 2 rings (SSSR count). The largest absolute Gasteiger partial charge is 0.357 e. The first-order valence-corrected chi connectivity index (χ1v) is 9.48. The van der Waals surface area contributed by atoms with Crippen molar-refractivity contribution in [2.24, 2.45) is 10.9 Å². The van der Waals surface area contributed by atoms with E-state index in [1.165, 1.54) is 44.5 Å². The van der Waals surface area contributed by atoms with Crippen LogP contribution in [0.4, 0.5) is 0 Å². The third-order valence-electron chi connectivity index (χ3n) is 4.03. The zero-order valence-corrected chi connectivity index (χ0v) is 14.8. The van der Waals surface area contributed by atoms with E-state index in [2.05, 4.69) is 51.2 Å². The first-order chi connectivity index (χ1) is 10.8. The smallest absolute Gasteiger partial charge is 0.191 e. The van der Waals surface area contributed by atoms with Crippen LogP contribution in [0.15, 0.2) is 21.8 Å². The van der Waals surface area contributed by atoms with Crippen molar-refractivity contribution in [3.8, 4) is 0 Å². The van der Waals surface area contributed by atoms with Crippen LogP contribution in [0, 0.1) is 5.92 Å². The lowest BCUT2D eigenvalue weighted by Crippen LogP contribution is -2.40. The van der Waals surface area contributed by atoms with Gasteiger partial charge in [0.15, 0.2) is 5.96 Å². The van der Waals surface area contributed by atoms with Crippen molar-refractivity contribution >= 4 is 17.3 Å². The molecule has 0 radical (unpaired) electrons. The van der Waals surface area contributed by atoms with Crippen molar-refractivity contribution in [3.05, 3.63) is 22.4 Å². The molecule has 1 aliphatic heterocycles. The molecule has 0 aromatic carbocycles. The summed E-state index contributed by atoms with van der Waals surface area (Å²) in [6.45, 7) is 10.9. The zero-order chi connectivity index (χ0) is 15.6. The van der Waals surface area contributed by atoms with Gasteiger partial charge in [0.1, 0.15) is 0 Å². The Bertz CT molecular complexity index is 430. The predicted molar refractivity (Wildman–Crippen MR) is 96.6 cm³/mol. The molecule has 0 spiro atoms. The van der Waals surface area contributed by atoms with Crippen molar-refractivity contribution in [1.82, 2.24) is 15.5 Å². The average molecular weight is 323 g/mol. The van der Waals surface area contributed by atoms with E-state index in [1.807, 2.05) is 0 Å². The summed E-state index contributed by atoms with van der Waals surface area (Å²) < 4.78 is 0. The van der Waals surface area contributed by atoms with Crippen LogP contribution >= 0.6 is 11.3 Å². The van der Waals surface area contributed by atoms with E-state index in [0.29, 0.717) is 0 Å². The van der Waals surface area contributed by atoms with Gasteiger partial charge in [-0.15, -0.1) is 0 Å². The Kier molecular flexibility index (Phi) is 7.74. The van der Waals surface area contributed by atoms with Crippen molar-refractivity contribution in [1.29, 1.82) is 0 Å². The second-order valence-corrected chi connectivity index (χ2v) is 6.94. The van der Waals surface area contributed by atoms with Crippen molar-refractivity contribution in [2.75, 3.05) is 32.7 Å². The number of piperidine rings is 1. The molecule has 0 saturated carbocycles. The van der Waals surface area contributed by atoms with Gasteiger partial charge in [0, 0.05) is 19.6 Å². The fraction of sp³-hybridized carbons (Fsp3) is 0.706. The van der Waals surface area contributed by atoms with Crippen LogP contribution in [-0.4, -0.2) is 43.6 Å². The van der Waals surface area contributed by atoms with E-state index >= 15 is 0 Å². The Labute approximate surface area is 139 Å². The number of guanidine groups is 1. The summed E-state index contributed by atoms with van der Waals surface area (Å²) in [6, 6.07) is 2.13. The molecule has 22 heavy (non-hydrogen) atoms. The predicted octanol–water partition coefficient (Wildman–Crippen LogP) is 2.93. The molecule has 0 amide bonds. The molecule has 1 aliphatic rings. The standard InChI is InChI=1S/C17H30N4S/c1-3-18-17(20-12-16-7-11-22-14-16)19-8-5-10-21-9-4-6-15(2)13-21/h7,11,14-15H,3-6,8-10,12-13H2,1-2H3,(H2,18,19,20). The van der Waals surface area contributed by atoms with Gasteiger partial charge in [-0.2, -0.15) is 11.3 Å². The first kappa shape index (κ1) is 17.3. The highest BCUT2D eigenvalue weighted by Gasteiger charge is 2.15. The zero-order valence-electron chi connectivity index (χ0n) is 14.0. The van der Waals surface area contributed by atoms with Gasteiger partial charge in [-0.3, -0.25) is 0 Å². The number of thiophene rings is 1. The summed E-state index contributed by atoms with van der Waals surface area (Å²) in [5, 5.41) is 11.0. The fourth-order valence-electron chi connectivity index (χ4n) is 2.89. The summed E-state index contributed by atoms with van der Waals surface area (Å²) in [7, 11) is 0. The monoisotopic (exact) mass is 322 g/mol. The highest BCUT2D eigenvalue weighted by molar-refractivity contribution is 7.07. The minimum atomic E-state index is 0.752. The SMILES string of the molecule is CCNC(=NCc1ccsc1)NCCCN1CCCC(C)C1. The maximum absolute atomic E-state index is 4.64. The summed E-state index contributed by atoms with van der Waals surface area (Å²) in [4.78, 5) is 7.24. The Morgan fingerprint density at radius 1 is 1.45 bits per heavy atom. The van der Waals surface area contributed by atoms with Crippen LogP contribution < -0.4 is 10.6 Å². The third-order valence-corrected chi connectivity index (χ3v) is 4.76. The normalized spacial score (nSPS) is 20.1. The third kappa shape index (κ3) is 6.36. The van der Waals surface area contributed by atoms with Crippen LogP contribution in [0.25, 0.3) is 0 Å². The van der Waals surface area contributed by atoms with Gasteiger partial charge in [-0.1, -0.05) is 6.92 Å². The Morgan fingerprint density at radius 2 is 2.36 bits per heavy atom. The van der Waals surface area contributed by atoms with Gasteiger partial charge in [0.2, 0.25) is 0 Å². The van der Waals surface area contributed by atoms with E-state index < -0.39 is 0 Å². The minimum Gasteiger partial charge on any atom is -0.357 e. The molecule has 1 fully saturated rings. The summed E-state index contributed by atoms with van der Waals surface area (Å²) >= 11 is 1.73. The van der Waals surface area contributed by atoms with Crippen LogP contribution in [-0.2, 0) is 6.54 Å². The number of hydrogen-bond acceptors (Lipinski definition) is 3. The lowest BCUT2D eigenvalue weighted by Gasteiger charge is -2.30. The molecule has 1 atom stereocenters. The quantitative estimate of drug-likeness (QED) is 0.461. The maximum atomic E-state index is 4.64. The second kappa shape index (κ2) is 9.85. The fourth-order valence-corrected chi connectivity index (χ4v) is 3.55. The van der Waals surface area contributed by atoms with E-state index in [4.69, 9.17) is 0 Å². The van der Waals surface area contributed by atoms with E-state index in [0.717, 1.165) is 31.5 Å². The van der Waals surface area contributed by atoms with Crippen LogP contribution in [0.1, 0.15) is 38.7 Å². The number of hydrogen-bond donors (Lipinski definition) is 2. The van der Waals surface area contributed by atoms with Gasteiger partial charge in [-0.05, 0) is 67.6 Å². The van der Waals surface area contributed by atoms with E-state index in [1.54, 1.807) is 11.3 Å². The number of aliphatic imine (C=N–C) groups is 1. The second-order valence-electron chi connectivity index (χ2n) is 6.16. The van der Waals surface area contributed by atoms with Crippen LogP contribution in [0.3, 0.4) is 0 Å². The van der Waals surface area contributed by atoms with Crippen LogP contribution in [0.2, 0.25) is 0 Å². The molecule has 1 aromatic heterocycles. The van der Waals surface area contributed by atoms with Gasteiger partial charge >= 0.3 is 0 Å². The molecule has 124 valence electrons. The van der Waals surface area contributed by atoms with E-state index in [-0.39, 0.29) is 0 Å². The van der Waals surface area contributed by atoms with Gasteiger partial charge < -0.3 is 15.5 Å². The molecule has 4 nitrogen and oxygen atoms in total. The number of nitrogens with one attached hydrogen (secondary N) is 2. The maximum Gasteiger partial charge on any atom is 0.191 e. The van der Waals surface area contributed by atoms with Crippen molar-refractivity contribution < 1.29 is 0 Å².